The van der Waals surface area contributed by atoms with Crippen LogP contribution in [-0.4, -0.2) is 48.8 Å². The Balaban J connectivity index is 1.91. The molecular formula is C15H27NO3. The standard InChI is InChI=1S/C15H27NO3/c1-3-9-16(12-14(17)18-4-2)13-6-10-19-15(11-13)7-5-8-15/h13H,3-12H2,1-2H3. The maximum Gasteiger partial charge on any atom is 0.320 e. The molecule has 4 nitrogen and oxygen atoms in total. The normalized spacial score (nSPS) is 25.3. The zero-order chi connectivity index (χ0) is 13.7. The van der Waals surface area contributed by atoms with Crippen molar-refractivity contribution in [2.45, 2.75) is 64.0 Å². The number of hydrogen-bond donors (Lipinski definition) is 0. The first-order valence-electron chi connectivity index (χ1n) is 7.73. The lowest BCUT2D eigenvalue weighted by Gasteiger charge is -2.49. The van der Waals surface area contributed by atoms with Gasteiger partial charge < -0.3 is 9.47 Å². The summed E-state index contributed by atoms with van der Waals surface area (Å²) in [6.45, 7) is 6.74. The number of nitrogens with zero attached hydrogens (tertiary/aromatic N) is 1. The zero-order valence-electron chi connectivity index (χ0n) is 12.3. The molecule has 0 radical (unpaired) electrons. The molecule has 110 valence electrons. The van der Waals surface area contributed by atoms with Crippen LogP contribution in [0.25, 0.3) is 0 Å². The molecule has 19 heavy (non-hydrogen) atoms. The molecule has 0 amide bonds. The van der Waals surface area contributed by atoms with E-state index in [1.54, 1.807) is 0 Å². The fraction of sp³-hybridized carbons (Fsp3) is 0.933. The van der Waals surface area contributed by atoms with Gasteiger partial charge >= 0.3 is 5.97 Å². The number of carbonyl (C=O) groups is 1. The molecule has 0 aromatic carbocycles. The Morgan fingerprint density at radius 2 is 2.21 bits per heavy atom. The minimum atomic E-state index is -0.0925. The van der Waals surface area contributed by atoms with Gasteiger partial charge in [-0.2, -0.15) is 0 Å². The van der Waals surface area contributed by atoms with Crippen LogP contribution >= 0.6 is 0 Å². The molecule has 0 bridgehead atoms. The van der Waals surface area contributed by atoms with Gasteiger partial charge in [0, 0.05) is 12.6 Å². The largest absolute Gasteiger partial charge is 0.465 e. The van der Waals surface area contributed by atoms with Crippen LogP contribution in [0.5, 0.6) is 0 Å². The second-order valence-electron chi connectivity index (χ2n) is 5.81. The lowest BCUT2D eigenvalue weighted by atomic mass is 9.73. The summed E-state index contributed by atoms with van der Waals surface area (Å²) in [7, 11) is 0. The highest BCUT2D eigenvalue weighted by Crippen LogP contribution is 2.43. The highest BCUT2D eigenvalue weighted by Gasteiger charge is 2.43. The van der Waals surface area contributed by atoms with Gasteiger partial charge in [0.1, 0.15) is 0 Å². The van der Waals surface area contributed by atoms with E-state index in [4.69, 9.17) is 9.47 Å². The van der Waals surface area contributed by atoms with Gasteiger partial charge in [-0.05, 0) is 52.0 Å². The summed E-state index contributed by atoms with van der Waals surface area (Å²) in [5, 5.41) is 0. The number of rotatable bonds is 6. The van der Waals surface area contributed by atoms with Crippen LogP contribution in [0, 0.1) is 0 Å². The van der Waals surface area contributed by atoms with E-state index in [1.807, 2.05) is 6.92 Å². The quantitative estimate of drug-likeness (QED) is 0.694. The predicted molar refractivity (Wildman–Crippen MR) is 74.1 cm³/mol. The molecule has 2 aliphatic rings. The third kappa shape index (κ3) is 3.69. The molecule has 1 aliphatic carbocycles. The average molecular weight is 269 g/mol. The molecule has 0 N–H and O–H groups in total. The zero-order valence-corrected chi connectivity index (χ0v) is 12.3. The smallest absolute Gasteiger partial charge is 0.320 e. The van der Waals surface area contributed by atoms with Crippen LogP contribution in [0.2, 0.25) is 0 Å². The molecule has 2 fully saturated rings. The van der Waals surface area contributed by atoms with Gasteiger partial charge in [-0.1, -0.05) is 6.92 Å². The molecule has 1 spiro atoms. The van der Waals surface area contributed by atoms with Crippen LogP contribution in [0.1, 0.15) is 52.4 Å². The Morgan fingerprint density at radius 1 is 1.42 bits per heavy atom. The van der Waals surface area contributed by atoms with Gasteiger partial charge in [-0.3, -0.25) is 9.69 Å². The molecule has 2 rings (SSSR count). The summed E-state index contributed by atoms with van der Waals surface area (Å²) in [6.07, 6.45) is 6.89. The summed E-state index contributed by atoms with van der Waals surface area (Å²) in [5.74, 6) is -0.0925. The number of esters is 1. The van der Waals surface area contributed by atoms with Crippen LogP contribution in [0.15, 0.2) is 0 Å². The third-order valence-electron chi connectivity index (χ3n) is 4.40. The van der Waals surface area contributed by atoms with Crippen molar-refractivity contribution >= 4 is 5.97 Å². The number of ether oxygens (including phenoxy) is 2. The molecule has 1 atom stereocenters. The lowest BCUT2D eigenvalue weighted by molar-refractivity contribution is -0.157. The fourth-order valence-electron chi connectivity index (χ4n) is 3.28. The van der Waals surface area contributed by atoms with Gasteiger partial charge in [-0.25, -0.2) is 0 Å². The van der Waals surface area contributed by atoms with E-state index in [0.29, 0.717) is 19.2 Å². The first kappa shape index (κ1) is 14.8. The van der Waals surface area contributed by atoms with Crippen molar-refractivity contribution in [3.63, 3.8) is 0 Å². The van der Waals surface area contributed by atoms with Crippen molar-refractivity contribution in [2.75, 3.05) is 26.3 Å². The third-order valence-corrected chi connectivity index (χ3v) is 4.40. The number of hydrogen-bond acceptors (Lipinski definition) is 4. The van der Waals surface area contributed by atoms with E-state index >= 15 is 0 Å². The SMILES string of the molecule is CCCN(CC(=O)OCC)C1CCOC2(CCC2)C1. The van der Waals surface area contributed by atoms with Crippen molar-refractivity contribution in [1.29, 1.82) is 0 Å². The molecule has 1 saturated heterocycles. The summed E-state index contributed by atoms with van der Waals surface area (Å²) >= 11 is 0. The Morgan fingerprint density at radius 3 is 2.79 bits per heavy atom. The predicted octanol–water partition coefficient (Wildman–Crippen LogP) is 2.36. The van der Waals surface area contributed by atoms with E-state index in [1.165, 1.54) is 19.3 Å². The fourth-order valence-corrected chi connectivity index (χ4v) is 3.28. The maximum atomic E-state index is 11.7. The summed E-state index contributed by atoms with van der Waals surface area (Å²) < 4.78 is 11.1. The molecule has 1 aliphatic heterocycles. The monoisotopic (exact) mass is 269 g/mol. The van der Waals surface area contributed by atoms with E-state index < -0.39 is 0 Å². The summed E-state index contributed by atoms with van der Waals surface area (Å²) in [5.41, 5.74) is 0.142. The van der Waals surface area contributed by atoms with Crippen LogP contribution < -0.4 is 0 Å². The Labute approximate surface area is 116 Å². The Kier molecular flexibility index (Phi) is 5.22. The van der Waals surface area contributed by atoms with Crippen molar-refractivity contribution in [2.24, 2.45) is 0 Å². The van der Waals surface area contributed by atoms with Gasteiger partial charge in [-0.15, -0.1) is 0 Å². The van der Waals surface area contributed by atoms with E-state index in [9.17, 15) is 4.79 Å². The summed E-state index contributed by atoms with van der Waals surface area (Å²) in [6, 6.07) is 0.485. The van der Waals surface area contributed by atoms with Gasteiger partial charge in [0.15, 0.2) is 0 Å². The van der Waals surface area contributed by atoms with E-state index in [0.717, 1.165) is 32.4 Å². The highest BCUT2D eigenvalue weighted by atomic mass is 16.5. The highest BCUT2D eigenvalue weighted by molar-refractivity contribution is 5.71. The first-order chi connectivity index (χ1) is 9.19. The van der Waals surface area contributed by atoms with Crippen molar-refractivity contribution in [3.8, 4) is 0 Å². The van der Waals surface area contributed by atoms with Crippen molar-refractivity contribution in [1.82, 2.24) is 4.90 Å². The molecule has 4 heteroatoms. The van der Waals surface area contributed by atoms with E-state index in [-0.39, 0.29) is 11.6 Å². The molecular weight excluding hydrogens is 242 g/mol. The molecule has 0 aromatic heterocycles. The lowest BCUT2D eigenvalue weighted by Crippen LogP contribution is -2.53. The second kappa shape index (κ2) is 6.71. The second-order valence-corrected chi connectivity index (χ2v) is 5.81. The molecule has 1 heterocycles. The Hall–Kier alpha value is -0.610. The van der Waals surface area contributed by atoms with Gasteiger partial charge in [0.2, 0.25) is 0 Å². The van der Waals surface area contributed by atoms with Crippen LogP contribution in [-0.2, 0) is 14.3 Å². The topological polar surface area (TPSA) is 38.8 Å². The van der Waals surface area contributed by atoms with Gasteiger partial charge in [0.25, 0.3) is 0 Å². The average Bonchev–Trinajstić information content (AvgIpc) is 2.37. The first-order valence-corrected chi connectivity index (χ1v) is 7.73. The molecule has 1 saturated carbocycles. The molecule has 0 aromatic rings. The number of carbonyl (C=O) groups excluding carboxylic acids is 1. The van der Waals surface area contributed by atoms with Crippen LogP contribution in [0.4, 0.5) is 0 Å². The summed E-state index contributed by atoms with van der Waals surface area (Å²) in [4.78, 5) is 14.0. The minimum absolute atomic E-state index is 0.0925. The minimum Gasteiger partial charge on any atom is -0.465 e. The van der Waals surface area contributed by atoms with Crippen LogP contribution in [0.3, 0.4) is 0 Å². The van der Waals surface area contributed by atoms with Crippen molar-refractivity contribution < 1.29 is 14.3 Å². The Bertz CT molecular complexity index is 302. The molecule has 1 unspecified atom stereocenters. The van der Waals surface area contributed by atoms with Crippen molar-refractivity contribution in [3.05, 3.63) is 0 Å². The van der Waals surface area contributed by atoms with E-state index in [2.05, 4.69) is 11.8 Å². The van der Waals surface area contributed by atoms with Gasteiger partial charge in [0.05, 0.1) is 18.8 Å². The maximum absolute atomic E-state index is 11.7.